The number of aromatic nitrogens is 2. The quantitative estimate of drug-likeness (QED) is 0.792. The predicted octanol–water partition coefficient (Wildman–Crippen LogP) is 1.29. The van der Waals surface area contributed by atoms with E-state index >= 15 is 0 Å². The van der Waals surface area contributed by atoms with Crippen molar-refractivity contribution in [2.45, 2.75) is 20.8 Å². The van der Waals surface area contributed by atoms with Crippen molar-refractivity contribution in [3.63, 3.8) is 0 Å². The summed E-state index contributed by atoms with van der Waals surface area (Å²) in [5, 5.41) is 0. The molecule has 0 aliphatic carbocycles. The van der Waals surface area contributed by atoms with Gasteiger partial charge in [-0.3, -0.25) is 0 Å². The van der Waals surface area contributed by atoms with Gasteiger partial charge in [-0.25, -0.2) is 9.97 Å². The Kier molecular flexibility index (Phi) is 4.03. The van der Waals surface area contributed by atoms with Crippen molar-refractivity contribution in [3.8, 4) is 0 Å². The fourth-order valence-electron chi connectivity index (χ4n) is 1.41. The van der Waals surface area contributed by atoms with Crippen LogP contribution in [-0.2, 0) is 0 Å². The highest BCUT2D eigenvalue weighted by atomic mass is 15.2. The van der Waals surface area contributed by atoms with Gasteiger partial charge in [0, 0.05) is 19.3 Å². The number of anilines is 1. The minimum absolute atomic E-state index is 0.112. The number of hydrogen-bond acceptors (Lipinski definition) is 4. The van der Waals surface area contributed by atoms with Crippen LogP contribution in [0.4, 0.5) is 5.82 Å². The summed E-state index contributed by atoms with van der Waals surface area (Å²) in [7, 11) is 0. The standard InChI is InChI=1S/C11H20N4/c1-4-15(8-11(2,3)7-12)10-5-6-13-9-14-10/h5-6,9H,4,7-8,12H2,1-3H3. The van der Waals surface area contributed by atoms with Crippen LogP contribution in [0.5, 0.6) is 0 Å². The minimum atomic E-state index is 0.112. The molecule has 4 nitrogen and oxygen atoms in total. The fourth-order valence-corrected chi connectivity index (χ4v) is 1.41. The second-order valence-corrected chi connectivity index (χ2v) is 4.45. The first kappa shape index (κ1) is 11.9. The van der Waals surface area contributed by atoms with Crippen LogP contribution in [0, 0.1) is 5.41 Å². The van der Waals surface area contributed by atoms with Crippen molar-refractivity contribution in [1.82, 2.24) is 9.97 Å². The van der Waals surface area contributed by atoms with Crippen molar-refractivity contribution in [1.29, 1.82) is 0 Å². The molecule has 0 saturated carbocycles. The number of hydrogen-bond donors (Lipinski definition) is 1. The second kappa shape index (κ2) is 5.07. The molecule has 1 aromatic heterocycles. The van der Waals surface area contributed by atoms with Gasteiger partial charge < -0.3 is 10.6 Å². The van der Waals surface area contributed by atoms with Gasteiger partial charge in [0.2, 0.25) is 0 Å². The van der Waals surface area contributed by atoms with E-state index < -0.39 is 0 Å². The Hall–Kier alpha value is -1.16. The molecule has 1 rings (SSSR count). The molecule has 0 amide bonds. The summed E-state index contributed by atoms with van der Waals surface area (Å²) in [5.74, 6) is 0.967. The Morgan fingerprint density at radius 1 is 1.47 bits per heavy atom. The molecule has 0 aliphatic rings. The predicted molar refractivity (Wildman–Crippen MR) is 62.8 cm³/mol. The lowest BCUT2D eigenvalue weighted by Gasteiger charge is -2.31. The van der Waals surface area contributed by atoms with Gasteiger partial charge in [-0.05, 0) is 24.9 Å². The summed E-state index contributed by atoms with van der Waals surface area (Å²) < 4.78 is 0. The van der Waals surface area contributed by atoms with Gasteiger partial charge in [-0.1, -0.05) is 13.8 Å². The van der Waals surface area contributed by atoms with Crippen molar-refractivity contribution >= 4 is 5.82 Å². The zero-order valence-corrected chi connectivity index (χ0v) is 9.77. The maximum Gasteiger partial charge on any atom is 0.131 e. The first-order valence-corrected chi connectivity index (χ1v) is 5.30. The molecule has 0 spiro atoms. The SMILES string of the molecule is CCN(CC(C)(C)CN)c1ccncn1. The molecule has 15 heavy (non-hydrogen) atoms. The van der Waals surface area contributed by atoms with Gasteiger partial charge in [0.15, 0.2) is 0 Å². The lowest BCUT2D eigenvalue weighted by Crippen LogP contribution is -2.39. The van der Waals surface area contributed by atoms with Gasteiger partial charge >= 0.3 is 0 Å². The van der Waals surface area contributed by atoms with E-state index in [1.54, 1.807) is 12.5 Å². The van der Waals surface area contributed by atoms with Crippen LogP contribution in [-0.4, -0.2) is 29.6 Å². The van der Waals surface area contributed by atoms with Gasteiger partial charge in [0.1, 0.15) is 12.1 Å². The molecule has 0 aliphatic heterocycles. The van der Waals surface area contributed by atoms with Crippen molar-refractivity contribution < 1.29 is 0 Å². The summed E-state index contributed by atoms with van der Waals surface area (Å²) in [4.78, 5) is 10.4. The van der Waals surface area contributed by atoms with E-state index in [0.29, 0.717) is 6.54 Å². The van der Waals surface area contributed by atoms with Crippen molar-refractivity contribution in [2.24, 2.45) is 11.1 Å². The molecule has 84 valence electrons. The topological polar surface area (TPSA) is 55.0 Å². The molecule has 2 N–H and O–H groups in total. The molecule has 1 heterocycles. The lowest BCUT2D eigenvalue weighted by molar-refractivity contribution is 0.378. The van der Waals surface area contributed by atoms with Gasteiger partial charge in [-0.2, -0.15) is 0 Å². The van der Waals surface area contributed by atoms with E-state index in [4.69, 9.17) is 5.73 Å². The maximum atomic E-state index is 5.73. The van der Waals surface area contributed by atoms with Crippen LogP contribution in [0.25, 0.3) is 0 Å². The zero-order valence-electron chi connectivity index (χ0n) is 9.77. The minimum Gasteiger partial charge on any atom is -0.356 e. The van der Waals surface area contributed by atoms with E-state index in [9.17, 15) is 0 Å². The van der Waals surface area contributed by atoms with Crippen LogP contribution in [0.2, 0.25) is 0 Å². The average Bonchev–Trinajstić information content (AvgIpc) is 2.27. The average molecular weight is 208 g/mol. The van der Waals surface area contributed by atoms with E-state index in [1.807, 2.05) is 6.07 Å². The van der Waals surface area contributed by atoms with Crippen LogP contribution in [0.1, 0.15) is 20.8 Å². The molecule has 1 aromatic rings. The van der Waals surface area contributed by atoms with Crippen molar-refractivity contribution in [3.05, 3.63) is 18.6 Å². The molecule has 0 aromatic carbocycles. The summed E-state index contributed by atoms with van der Waals surface area (Å²) in [6, 6.07) is 1.93. The highest BCUT2D eigenvalue weighted by Crippen LogP contribution is 2.18. The lowest BCUT2D eigenvalue weighted by atomic mass is 9.93. The zero-order chi connectivity index (χ0) is 11.3. The third kappa shape index (κ3) is 3.47. The van der Waals surface area contributed by atoms with Gasteiger partial charge in [0.05, 0.1) is 0 Å². The fraction of sp³-hybridized carbons (Fsp3) is 0.636. The Morgan fingerprint density at radius 3 is 2.67 bits per heavy atom. The summed E-state index contributed by atoms with van der Waals surface area (Å²) >= 11 is 0. The molecule has 0 bridgehead atoms. The smallest absolute Gasteiger partial charge is 0.131 e. The molecule has 0 radical (unpaired) electrons. The molecule has 4 heteroatoms. The summed E-state index contributed by atoms with van der Waals surface area (Å²) in [6.45, 7) is 8.97. The Morgan fingerprint density at radius 2 is 2.20 bits per heavy atom. The third-order valence-electron chi connectivity index (χ3n) is 2.44. The third-order valence-corrected chi connectivity index (χ3v) is 2.44. The molecule has 0 fully saturated rings. The second-order valence-electron chi connectivity index (χ2n) is 4.45. The summed E-state index contributed by atoms with van der Waals surface area (Å²) in [5.41, 5.74) is 5.84. The van der Waals surface area contributed by atoms with Crippen LogP contribution < -0.4 is 10.6 Å². The Bertz CT molecular complexity index is 284. The largest absolute Gasteiger partial charge is 0.356 e. The van der Waals surface area contributed by atoms with Crippen LogP contribution in [0.15, 0.2) is 18.6 Å². The molecule has 0 saturated heterocycles. The Labute approximate surface area is 91.5 Å². The number of nitrogens with zero attached hydrogens (tertiary/aromatic N) is 3. The molecule has 0 unspecified atom stereocenters. The van der Waals surface area contributed by atoms with Crippen molar-refractivity contribution in [2.75, 3.05) is 24.5 Å². The molecular formula is C11H20N4. The van der Waals surface area contributed by atoms with E-state index in [-0.39, 0.29) is 5.41 Å². The van der Waals surface area contributed by atoms with E-state index in [2.05, 4.69) is 35.6 Å². The van der Waals surface area contributed by atoms with Gasteiger partial charge in [0.25, 0.3) is 0 Å². The maximum absolute atomic E-state index is 5.73. The number of nitrogens with two attached hydrogens (primary N) is 1. The Balaban J connectivity index is 2.73. The first-order valence-electron chi connectivity index (χ1n) is 5.30. The molecule has 0 atom stereocenters. The highest BCUT2D eigenvalue weighted by Gasteiger charge is 2.20. The highest BCUT2D eigenvalue weighted by molar-refractivity contribution is 5.36. The van der Waals surface area contributed by atoms with E-state index in [1.165, 1.54) is 0 Å². The first-order chi connectivity index (χ1) is 7.09. The van der Waals surface area contributed by atoms with Gasteiger partial charge in [-0.15, -0.1) is 0 Å². The monoisotopic (exact) mass is 208 g/mol. The van der Waals surface area contributed by atoms with E-state index in [0.717, 1.165) is 18.9 Å². The normalized spacial score (nSPS) is 11.5. The number of rotatable bonds is 5. The summed E-state index contributed by atoms with van der Waals surface area (Å²) in [6.07, 6.45) is 3.34. The van der Waals surface area contributed by atoms with Crippen LogP contribution >= 0.6 is 0 Å². The molecular weight excluding hydrogens is 188 g/mol. The van der Waals surface area contributed by atoms with Crippen LogP contribution in [0.3, 0.4) is 0 Å².